The summed E-state index contributed by atoms with van der Waals surface area (Å²) < 4.78 is 8.46. The van der Waals surface area contributed by atoms with Crippen LogP contribution in [0.1, 0.15) is 58.9 Å². The van der Waals surface area contributed by atoms with Gasteiger partial charge >= 0.3 is 17.8 Å². The van der Waals surface area contributed by atoms with E-state index in [0.29, 0.717) is 50.4 Å². The zero-order valence-electron chi connectivity index (χ0n) is 23.2. The quantitative estimate of drug-likeness (QED) is 0.565. The summed E-state index contributed by atoms with van der Waals surface area (Å²) in [6.07, 6.45) is 4.32. The highest BCUT2D eigenvalue weighted by Gasteiger charge is 2.41. The molecular weight excluding hydrogens is 500 g/mol. The summed E-state index contributed by atoms with van der Waals surface area (Å²) in [5.41, 5.74) is 1.09. The van der Waals surface area contributed by atoms with Crippen LogP contribution in [0.2, 0.25) is 0 Å². The summed E-state index contributed by atoms with van der Waals surface area (Å²) in [5.74, 6) is 0.0358. The maximum atomic E-state index is 13.3. The van der Waals surface area contributed by atoms with Gasteiger partial charge in [-0.2, -0.15) is 0 Å². The lowest BCUT2D eigenvalue weighted by atomic mass is 9.97. The van der Waals surface area contributed by atoms with Crippen LogP contribution in [0.3, 0.4) is 0 Å². The fourth-order valence-corrected chi connectivity index (χ4v) is 6.56. The van der Waals surface area contributed by atoms with E-state index >= 15 is 0 Å². The van der Waals surface area contributed by atoms with Gasteiger partial charge in [0, 0.05) is 63.8 Å². The van der Waals surface area contributed by atoms with Gasteiger partial charge in [0.1, 0.15) is 0 Å². The van der Waals surface area contributed by atoms with E-state index in [9.17, 15) is 19.2 Å². The first kappa shape index (κ1) is 27.2. The third-order valence-corrected chi connectivity index (χ3v) is 8.48. The molecule has 5 rings (SSSR count). The molecule has 0 saturated carbocycles. The van der Waals surface area contributed by atoms with Crippen LogP contribution in [0.15, 0.2) is 29.1 Å². The second-order valence-corrected chi connectivity index (χ2v) is 11.3. The van der Waals surface area contributed by atoms with E-state index in [4.69, 9.17) is 4.74 Å². The standard InChI is InChI=1S/C28H40N6O5/c1-19(2)33-24-7-4-5-8-25(24)34(27(33)37)26(36)29-21-17-22-9-10-23(18-21)32(22)11-6-16-39-28(38)31-14-12-30(13-15-31)20(3)35/h4-5,7-8,19,21-23H,6,9-18H2,1-3H3,(H,29,36). The number of piperazine rings is 1. The number of nitrogens with one attached hydrogen (secondary N) is 1. The Kier molecular flexibility index (Phi) is 7.97. The SMILES string of the molecule is CC(=O)N1CCN(C(=O)OCCCN2C3CCC2CC(NC(=O)n2c(=O)n(C(C)C)c4ccccc42)C3)CC1. The van der Waals surface area contributed by atoms with Crippen molar-refractivity contribution < 1.29 is 19.1 Å². The van der Waals surface area contributed by atoms with Gasteiger partial charge in [-0.25, -0.2) is 19.0 Å². The lowest BCUT2D eigenvalue weighted by Crippen LogP contribution is -2.52. The van der Waals surface area contributed by atoms with Gasteiger partial charge in [0.15, 0.2) is 0 Å². The van der Waals surface area contributed by atoms with E-state index in [2.05, 4.69) is 10.2 Å². The highest BCUT2D eigenvalue weighted by molar-refractivity contribution is 5.89. The Labute approximate surface area is 228 Å². The first-order chi connectivity index (χ1) is 18.7. The number of benzene rings is 1. The van der Waals surface area contributed by atoms with Gasteiger partial charge in [0.25, 0.3) is 0 Å². The first-order valence-electron chi connectivity index (χ1n) is 14.2. The van der Waals surface area contributed by atoms with E-state index in [1.807, 2.05) is 38.1 Å². The fourth-order valence-electron chi connectivity index (χ4n) is 6.56. The predicted molar refractivity (Wildman–Crippen MR) is 147 cm³/mol. The molecule has 11 heteroatoms. The molecule has 11 nitrogen and oxygen atoms in total. The molecule has 1 aromatic heterocycles. The minimum Gasteiger partial charge on any atom is -0.449 e. The summed E-state index contributed by atoms with van der Waals surface area (Å²) in [7, 11) is 0. The maximum absolute atomic E-state index is 13.3. The van der Waals surface area contributed by atoms with E-state index in [1.54, 1.807) is 21.3 Å². The van der Waals surface area contributed by atoms with Crippen LogP contribution >= 0.6 is 0 Å². The third kappa shape index (κ3) is 5.54. The van der Waals surface area contributed by atoms with Gasteiger partial charge < -0.3 is 19.9 Å². The Bertz CT molecular complexity index is 1260. The van der Waals surface area contributed by atoms with Crippen LogP contribution in [0, 0.1) is 0 Å². The van der Waals surface area contributed by atoms with Crippen molar-refractivity contribution >= 4 is 29.1 Å². The summed E-state index contributed by atoms with van der Waals surface area (Å²) in [5, 5.41) is 3.16. The normalized spacial score (nSPS) is 23.4. The zero-order valence-corrected chi connectivity index (χ0v) is 23.2. The van der Waals surface area contributed by atoms with Crippen LogP contribution in [-0.2, 0) is 9.53 Å². The van der Waals surface area contributed by atoms with Crippen LogP contribution in [0.5, 0.6) is 0 Å². The number of piperidine rings is 1. The third-order valence-electron chi connectivity index (χ3n) is 8.48. The summed E-state index contributed by atoms with van der Waals surface area (Å²) >= 11 is 0. The van der Waals surface area contributed by atoms with Crippen molar-refractivity contribution in [1.29, 1.82) is 0 Å². The largest absolute Gasteiger partial charge is 0.449 e. The first-order valence-corrected chi connectivity index (χ1v) is 14.2. The Morgan fingerprint density at radius 2 is 1.59 bits per heavy atom. The minimum absolute atomic E-state index is 0.0193. The number of imidazole rings is 1. The molecule has 3 saturated heterocycles. The minimum atomic E-state index is -0.357. The number of ether oxygens (including phenoxy) is 1. The van der Waals surface area contributed by atoms with Gasteiger partial charge in [0.05, 0.1) is 17.6 Å². The molecule has 3 amide bonds. The molecule has 3 aliphatic heterocycles. The van der Waals surface area contributed by atoms with Crippen LogP contribution in [0.4, 0.5) is 9.59 Å². The van der Waals surface area contributed by atoms with Crippen molar-refractivity contribution in [3.63, 3.8) is 0 Å². The molecule has 4 heterocycles. The van der Waals surface area contributed by atoms with E-state index in [0.717, 1.165) is 44.2 Å². The average molecular weight is 541 g/mol. The molecule has 0 radical (unpaired) electrons. The van der Waals surface area contributed by atoms with E-state index in [-0.39, 0.29) is 35.8 Å². The number of hydrogen-bond donors (Lipinski definition) is 1. The zero-order chi connectivity index (χ0) is 27.7. The average Bonchev–Trinajstić information content (AvgIpc) is 3.34. The Hall–Kier alpha value is -3.34. The molecule has 2 unspecified atom stereocenters. The highest BCUT2D eigenvalue weighted by Crippen LogP contribution is 2.35. The number of fused-ring (bicyclic) bond motifs is 3. The van der Waals surface area contributed by atoms with Crippen molar-refractivity contribution in [3.8, 4) is 0 Å². The molecule has 0 aliphatic carbocycles. The Morgan fingerprint density at radius 1 is 0.974 bits per heavy atom. The fraction of sp³-hybridized carbons (Fsp3) is 0.643. The van der Waals surface area contributed by atoms with Crippen molar-refractivity contribution in [2.75, 3.05) is 39.3 Å². The van der Waals surface area contributed by atoms with E-state index < -0.39 is 0 Å². The van der Waals surface area contributed by atoms with Crippen molar-refractivity contribution in [3.05, 3.63) is 34.7 Å². The monoisotopic (exact) mass is 540 g/mol. The number of carbonyl (C=O) groups is 3. The number of carbonyl (C=O) groups excluding carboxylic acids is 3. The molecule has 2 aromatic rings. The molecule has 2 bridgehead atoms. The summed E-state index contributed by atoms with van der Waals surface area (Å²) in [4.78, 5) is 56.2. The second kappa shape index (κ2) is 11.4. The number of aromatic nitrogens is 2. The van der Waals surface area contributed by atoms with Gasteiger partial charge in [-0.05, 0) is 58.1 Å². The summed E-state index contributed by atoms with van der Waals surface area (Å²) in [6, 6.07) is 7.79. The molecular formula is C28H40N6O5. The number of amides is 3. The van der Waals surface area contributed by atoms with Crippen molar-refractivity contribution in [2.45, 2.75) is 77.0 Å². The van der Waals surface area contributed by atoms with Crippen LogP contribution < -0.4 is 11.0 Å². The molecule has 212 valence electrons. The number of nitrogens with zero attached hydrogens (tertiary/aromatic N) is 5. The molecule has 39 heavy (non-hydrogen) atoms. The Morgan fingerprint density at radius 3 is 2.21 bits per heavy atom. The maximum Gasteiger partial charge on any atom is 0.409 e. The summed E-state index contributed by atoms with van der Waals surface area (Å²) in [6.45, 7) is 8.76. The molecule has 1 aromatic carbocycles. The van der Waals surface area contributed by atoms with Crippen LogP contribution in [0.25, 0.3) is 11.0 Å². The van der Waals surface area contributed by atoms with Gasteiger partial charge in [-0.15, -0.1) is 0 Å². The number of para-hydroxylation sites is 2. The predicted octanol–water partition coefficient (Wildman–Crippen LogP) is 2.63. The lowest BCUT2D eigenvalue weighted by Gasteiger charge is -2.39. The Balaban J connectivity index is 1.11. The van der Waals surface area contributed by atoms with Crippen molar-refractivity contribution in [1.82, 2.24) is 29.2 Å². The topological polar surface area (TPSA) is 109 Å². The molecule has 3 aliphatic rings. The smallest absolute Gasteiger partial charge is 0.409 e. The molecule has 3 fully saturated rings. The molecule has 1 N–H and O–H groups in total. The van der Waals surface area contributed by atoms with Crippen LogP contribution in [-0.4, -0.2) is 99.3 Å². The van der Waals surface area contributed by atoms with Gasteiger partial charge in [-0.3, -0.25) is 14.3 Å². The lowest BCUT2D eigenvalue weighted by molar-refractivity contribution is -0.130. The molecule has 2 atom stereocenters. The molecule has 0 spiro atoms. The van der Waals surface area contributed by atoms with Crippen molar-refractivity contribution in [2.24, 2.45) is 0 Å². The van der Waals surface area contributed by atoms with Gasteiger partial charge in [-0.1, -0.05) is 12.1 Å². The second-order valence-electron chi connectivity index (χ2n) is 11.3. The highest BCUT2D eigenvalue weighted by atomic mass is 16.6. The number of rotatable bonds is 6. The number of hydrogen-bond acceptors (Lipinski definition) is 6. The van der Waals surface area contributed by atoms with E-state index in [1.165, 1.54) is 4.57 Å². The van der Waals surface area contributed by atoms with Gasteiger partial charge in [0.2, 0.25) is 5.91 Å².